The fourth-order valence-corrected chi connectivity index (χ4v) is 3.14. The van der Waals surface area contributed by atoms with Crippen molar-refractivity contribution in [3.8, 4) is 34.3 Å². The van der Waals surface area contributed by atoms with Crippen molar-refractivity contribution in [1.82, 2.24) is 15.0 Å². The molecule has 164 valence electrons. The molecule has 8 nitrogen and oxygen atoms in total. The number of ether oxygens (including phenoxy) is 2. The van der Waals surface area contributed by atoms with Crippen LogP contribution in [0.3, 0.4) is 0 Å². The van der Waals surface area contributed by atoms with E-state index in [1.807, 2.05) is 0 Å². The number of carbonyl (C=O) groups excluding carboxylic acids is 1. The Labute approximate surface area is 206 Å². The second kappa shape index (κ2) is 9.96. The number of aromatic nitrogens is 4. The van der Waals surface area contributed by atoms with Gasteiger partial charge in [0.2, 0.25) is 0 Å². The largest absolute Gasteiger partial charge is 1.00 e. The third-order valence-electron chi connectivity index (χ3n) is 4.57. The number of hydrogen-bond acceptors (Lipinski definition) is 6. The molecule has 10 heteroatoms. The molecule has 0 aliphatic carbocycles. The van der Waals surface area contributed by atoms with Gasteiger partial charge in [0, 0.05) is 5.02 Å². The van der Waals surface area contributed by atoms with Gasteiger partial charge in [-0.3, -0.25) is 4.79 Å². The lowest BCUT2D eigenvalue weighted by molar-refractivity contribution is -0.732. The van der Waals surface area contributed by atoms with Crippen molar-refractivity contribution >= 4 is 17.5 Å². The summed E-state index contributed by atoms with van der Waals surface area (Å²) in [5.41, 5.74) is 1.27. The Morgan fingerprint density at radius 1 is 1.00 bits per heavy atom. The monoisotopic (exact) mass is 564 g/mol. The molecule has 0 saturated heterocycles. The molecule has 0 saturated carbocycles. The van der Waals surface area contributed by atoms with Gasteiger partial charge in [-0.05, 0) is 64.5 Å². The number of phenolic OH excluding ortho intramolecular Hbond substituents is 1. The summed E-state index contributed by atoms with van der Waals surface area (Å²) in [6.07, 6.45) is 0. The Hall–Kier alpha value is -3.18. The van der Waals surface area contributed by atoms with E-state index in [0.717, 1.165) is 4.80 Å². The average molecular weight is 565 g/mol. The normalized spacial score (nSPS) is 10.3. The van der Waals surface area contributed by atoms with Gasteiger partial charge in [-0.2, -0.15) is 0 Å². The summed E-state index contributed by atoms with van der Waals surface area (Å²) in [5, 5.41) is 19.6. The van der Waals surface area contributed by atoms with Gasteiger partial charge in [0.15, 0.2) is 17.2 Å². The molecule has 1 N–H and O–H groups in total. The van der Waals surface area contributed by atoms with Gasteiger partial charge in [-0.25, -0.2) is 0 Å². The standard InChI is InChI=1S/C22H17ClN4O4.HI/c1-30-19-12-7-14(13-20(19)31-2)21-24-26(16-10-8-15(23)9-11-16)27(25-21)22(29)17-5-3-4-6-18(17)28;/h3-13H,1-2H3;1H. The number of halogens is 2. The molecule has 4 aromatic rings. The Morgan fingerprint density at radius 2 is 1.69 bits per heavy atom. The van der Waals surface area contributed by atoms with E-state index >= 15 is 0 Å². The lowest BCUT2D eigenvalue weighted by Crippen LogP contribution is -3.00. The van der Waals surface area contributed by atoms with Crippen LogP contribution in [0, 0.1) is 0 Å². The number of nitrogens with zero attached hydrogens (tertiary/aromatic N) is 4. The summed E-state index contributed by atoms with van der Waals surface area (Å²) in [6, 6.07) is 18.2. The van der Waals surface area contributed by atoms with Crippen molar-refractivity contribution in [1.29, 1.82) is 0 Å². The topological polar surface area (TPSA) is 90.4 Å². The molecule has 32 heavy (non-hydrogen) atoms. The van der Waals surface area contributed by atoms with Crippen molar-refractivity contribution in [3.63, 3.8) is 0 Å². The highest BCUT2D eigenvalue weighted by Crippen LogP contribution is 2.30. The van der Waals surface area contributed by atoms with Crippen LogP contribution in [0.4, 0.5) is 0 Å². The number of aromatic hydroxyl groups is 1. The van der Waals surface area contributed by atoms with Crippen LogP contribution in [0.15, 0.2) is 66.7 Å². The zero-order chi connectivity index (χ0) is 22.0. The van der Waals surface area contributed by atoms with Crippen molar-refractivity contribution in [2.75, 3.05) is 14.2 Å². The molecule has 0 spiro atoms. The molecular weight excluding hydrogens is 547 g/mol. The molecule has 0 atom stereocenters. The first-order valence-corrected chi connectivity index (χ1v) is 9.60. The molecule has 0 aliphatic rings. The van der Waals surface area contributed by atoms with Gasteiger partial charge in [0.1, 0.15) is 5.75 Å². The summed E-state index contributed by atoms with van der Waals surface area (Å²) in [6.45, 7) is 0. The number of tetrazole rings is 1. The van der Waals surface area contributed by atoms with Gasteiger partial charge in [0.05, 0.1) is 35.2 Å². The van der Waals surface area contributed by atoms with E-state index in [1.54, 1.807) is 61.7 Å². The second-order valence-electron chi connectivity index (χ2n) is 6.47. The maximum absolute atomic E-state index is 13.2. The van der Waals surface area contributed by atoms with Gasteiger partial charge < -0.3 is 38.6 Å². The molecule has 0 radical (unpaired) electrons. The summed E-state index contributed by atoms with van der Waals surface area (Å²) >= 11 is 6.00. The van der Waals surface area contributed by atoms with E-state index in [-0.39, 0.29) is 41.1 Å². The number of carbonyl (C=O) groups is 1. The van der Waals surface area contributed by atoms with Crippen LogP contribution in [0.5, 0.6) is 17.2 Å². The van der Waals surface area contributed by atoms with E-state index in [4.69, 9.17) is 21.1 Å². The van der Waals surface area contributed by atoms with E-state index in [0.29, 0.717) is 27.8 Å². The molecule has 1 aromatic heterocycles. The molecule has 0 aliphatic heterocycles. The van der Waals surface area contributed by atoms with Gasteiger partial charge in [-0.15, -0.1) is 0 Å². The molecule has 4 rings (SSSR count). The lowest BCUT2D eigenvalue weighted by Gasteiger charge is -2.06. The number of rotatable bonds is 5. The molecule has 0 fully saturated rings. The van der Waals surface area contributed by atoms with Gasteiger partial charge in [-0.1, -0.05) is 23.7 Å². The minimum atomic E-state index is -0.549. The lowest BCUT2D eigenvalue weighted by atomic mass is 10.2. The zero-order valence-corrected chi connectivity index (χ0v) is 20.0. The zero-order valence-electron chi connectivity index (χ0n) is 17.1. The average Bonchev–Trinajstić information content (AvgIpc) is 3.24. The van der Waals surface area contributed by atoms with Crippen LogP contribution < -0.4 is 38.2 Å². The van der Waals surface area contributed by atoms with Gasteiger partial charge >= 0.3 is 11.7 Å². The van der Waals surface area contributed by atoms with E-state index < -0.39 is 5.91 Å². The summed E-state index contributed by atoms with van der Waals surface area (Å²) in [7, 11) is 3.08. The fraction of sp³-hybridized carbons (Fsp3) is 0.0909. The number of hydrogen-bond donors (Lipinski definition) is 1. The second-order valence-corrected chi connectivity index (χ2v) is 6.91. The highest BCUT2D eigenvalue weighted by atomic mass is 127. The number of para-hydroxylation sites is 1. The molecule has 0 amide bonds. The minimum absolute atomic E-state index is 0. The quantitative estimate of drug-likeness (QED) is 0.277. The van der Waals surface area contributed by atoms with Crippen molar-refractivity contribution in [2.45, 2.75) is 0 Å². The summed E-state index contributed by atoms with van der Waals surface area (Å²) in [5.74, 6) is 0.633. The van der Waals surface area contributed by atoms with E-state index in [9.17, 15) is 9.90 Å². The van der Waals surface area contributed by atoms with Crippen LogP contribution in [0.25, 0.3) is 17.1 Å². The van der Waals surface area contributed by atoms with Crippen molar-refractivity contribution < 1.29 is 48.1 Å². The number of phenols is 1. The third kappa shape index (κ3) is 4.53. The number of methoxy groups -OCH3 is 2. The maximum Gasteiger partial charge on any atom is 0.343 e. The Morgan fingerprint density at radius 3 is 2.34 bits per heavy atom. The van der Waals surface area contributed by atoms with Crippen LogP contribution in [-0.4, -0.2) is 40.2 Å². The number of benzene rings is 3. The summed E-state index contributed by atoms with van der Waals surface area (Å²) < 4.78 is 10.6. The van der Waals surface area contributed by atoms with Crippen LogP contribution in [0.2, 0.25) is 5.02 Å². The van der Waals surface area contributed by atoms with E-state index in [1.165, 1.54) is 24.0 Å². The molecule has 1 heterocycles. The first kappa shape index (κ1) is 23.5. The Bertz CT molecular complexity index is 1260. The van der Waals surface area contributed by atoms with Crippen LogP contribution >= 0.6 is 11.6 Å². The molecular formula is C22H18ClIN4O4. The van der Waals surface area contributed by atoms with Crippen LogP contribution in [-0.2, 0) is 0 Å². The SMILES string of the molecule is COc1ccc(-c2nn(C(=O)c3ccccc3O)[n+](-c3ccc(Cl)cc3)n2)cc1OC.[I-]. The summed E-state index contributed by atoms with van der Waals surface area (Å²) in [4.78, 5) is 15.6. The van der Waals surface area contributed by atoms with Crippen molar-refractivity contribution in [2.24, 2.45) is 0 Å². The maximum atomic E-state index is 13.2. The molecule has 0 unspecified atom stereocenters. The minimum Gasteiger partial charge on any atom is -1.00 e. The highest BCUT2D eigenvalue weighted by Gasteiger charge is 2.29. The van der Waals surface area contributed by atoms with Gasteiger partial charge in [0.25, 0.3) is 0 Å². The molecule has 0 bridgehead atoms. The van der Waals surface area contributed by atoms with E-state index in [2.05, 4.69) is 10.2 Å². The predicted molar refractivity (Wildman–Crippen MR) is 113 cm³/mol. The third-order valence-corrected chi connectivity index (χ3v) is 4.83. The van der Waals surface area contributed by atoms with Crippen LogP contribution in [0.1, 0.15) is 10.4 Å². The highest BCUT2D eigenvalue weighted by molar-refractivity contribution is 6.30. The predicted octanol–water partition coefficient (Wildman–Crippen LogP) is 0.290. The Kier molecular flexibility index (Phi) is 7.31. The smallest absolute Gasteiger partial charge is 0.343 e. The first-order chi connectivity index (χ1) is 15.0. The molecule has 3 aromatic carbocycles. The first-order valence-electron chi connectivity index (χ1n) is 9.22. The fourth-order valence-electron chi connectivity index (χ4n) is 3.01. The Balaban J connectivity index is 0.00000289. The van der Waals surface area contributed by atoms with Crippen molar-refractivity contribution in [3.05, 3.63) is 77.3 Å².